The van der Waals surface area contributed by atoms with E-state index in [0.29, 0.717) is 5.46 Å². The highest BCUT2D eigenvalue weighted by Gasteiger charge is 2.52. The molecule has 1 fully saturated rings. The number of nitrogens with one attached hydrogen (secondary N) is 1. The molecular formula is C11H14BCl2NO3. The predicted octanol–water partition coefficient (Wildman–Crippen LogP) is 1.98. The summed E-state index contributed by atoms with van der Waals surface area (Å²) in [5.41, 5.74) is -1.06. The second-order valence-electron chi connectivity index (χ2n) is 5.29. The van der Waals surface area contributed by atoms with E-state index in [1.54, 1.807) is 0 Å². The Morgan fingerprint density at radius 1 is 1.17 bits per heavy atom. The molecule has 0 spiro atoms. The highest BCUT2D eigenvalue weighted by Crippen LogP contribution is 2.36. The zero-order valence-electron chi connectivity index (χ0n) is 10.6. The zero-order valence-corrected chi connectivity index (χ0v) is 12.1. The fourth-order valence-corrected chi connectivity index (χ4v) is 1.95. The Hall–Kier alpha value is -0.485. The van der Waals surface area contributed by atoms with Crippen LogP contribution in [0.4, 0.5) is 0 Å². The zero-order chi connectivity index (χ0) is 13.7. The van der Waals surface area contributed by atoms with Gasteiger partial charge in [0.1, 0.15) is 10.2 Å². The van der Waals surface area contributed by atoms with Gasteiger partial charge >= 0.3 is 7.12 Å². The van der Waals surface area contributed by atoms with E-state index in [1.165, 1.54) is 6.20 Å². The summed E-state index contributed by atoms with van der Waals surface area (Å²) in [5, 5.41) is 0.0609. The summed E-state index contributed by atoms with van der Waals surface area (Å²) in [4.78, 5) is 14.7. The quantitative estimate of drug-likeness (QED) is 0.635. The highest BCUT2D eigenvalue weighted by molar-refractivity contribution is 6.62. The van der Waals surface area contributed by atoms with Crippen LogP contribution in [0.5, 0.6) is 0 Å². The third kappa shape index (κ3) is 2.09. The van der Waals surface area contributed by atoms with Crippen LogP contribution in [0, 0.1) is 0 Å². The van der Waals surface area contributed by atoms with Crippen LogP contribution in [0.25, 0.3) is 0 Å². The summed E-state index contributed by atoms with van der Waals surface area (Å²) in [5.74, 6) is 0. The number of H-pyrrole nitrogens is 1. The molecule has 2 rings (SSSR count). The van der Waals surface area contributed by atoms with Crippen molar-refractivity contribution in [3.63, 3.8) is 0 Å². The maximum atomic E-state index is 12.0. The minimum Gasteiger partial charge on any atom is -0.399 e. The van der Waals surface area contributed by atoms with E-state index < -0.39 is 18.3 Å². The van der Waals surface area contributed by atoms with Crippen LogP contribution in [0.2, 0.25) is 10.2 Å². The lowest BCUT2D eigenvalue weighted by atomic mass is 9.80. The van der Waals surface area contributed by atoms with Gasteiger partial charge in [0.2, 0.25) is 5.43 Å². The van der Waals surface area contributed by atoms with Gasteiger partial charge in [-0.2, -0.15) is 0 Å². The summed E-state index contributed by atoms with van der Waals surface area (Å²) in [6.07, 6.45) is 1.47. The Morgan fingerprint density at radius 3 is 2.17 bits per heavy atom. The molecule has 98 valence electrons. The van der Waals surface area contributed by atoms with Crippen molar-refractivity contribution in [2.45, 2.75) is 38.9 Å². The van der Waals surface area contributed by atoms with Gasteiger partial charge in [0.05, 0.1) is 11.2 Å². The summed E-state index contributed by atoms with van der Waals surface area (Å²) in [6.45, 7) is 7.66. The molecular weight excluding hydrogens is 276 g/mol. The van der Waals surface area contributed by atoms with Crippen molar-refractivity contribution in [2.24, 2.45) is 0 Å². The smallest absolute Gasteiger partial charge is 0.399 e. The molecule has 0 aromatic carbocycles. The van der Waals surface area contributed by atoms with Crippen LogP contribution in [0.15, 0.2) is 11.0 Å². The summed E-state index contributed by atoms with van der Waals surface area (Å²) >= 11 is 11.6. The topological polar surface area (TPSA) is 51.3 Å². The van der Waals surface area contributed by atoms with E-state index in [4.69, 9.17) is 32.5 Å². The molecule has 0 unspecified atom stereocenters. The molecule has 0 bridgehead atoms. The molecule has 2 heterocycles. The number of aromatic amines is 1. The maximum Gasteiger partial charge on any atom is 0.500 e. The molecule has 0 radical (unpaired) electrons. The van der Waals surface area contributed by atoms with Crippen LogP contribution in [-0.2, 0) is 9.31 Å². The molecule has 18 heavy (non-hydrogen) atoms. The third-order valence-electron chi connectivity index (χ3n) is 3.52. The number of aromatic nitrogens is 1. The summed E-state index contributed by atoms with van der Waals surface area (Å²) in [6, 6.07) is 0. The van der Waals surface area contributed by atoms with Crippen molar-refractivity contribution in [1.29, 1.82) is 0 Å². The first-order chi connectivity index (χ1) is 8.16. The second-order valence-corrected chi connectivity index (χ2v) is 6.05. The molecule has 1 saturated heterocycles. The lowest BCUT2D eigenvalue weighted by Gasteiger charge is -2.32. The molecule has 1 N–H and O–H groups in total. The Labute approximate surface area is 116 Å². The van der Waals surface area contributed by atoms with E-state index in [1.807, 2.05) is 27.7 Å². The number of hydrogen-bond acceptors (Lipinski definition) is 3. The average Bonchev–Trinajstić information content (AvgIpc) is 2.45. The second kappa shape index (κ2) is 4.27. The highest BCUT2D eigenvalue weighted by atomic mass is 35.5. The van der Waals surface area contributed by atoms with E-state index in [2.05, 4.69) is 4.98 Å². The number of hydrogen-bond donors (Lipinski definition) is 1. The molecule has 1 aromatic heterocycles. The van der Waals surface area contributed by atoms with Crippen LogP contribution in [0.1, 0.15) is 27.7 Å². The van der Waals surface area contributed by atoms with Crippen molar-refractivity contribution < 1.29 is 9.31 Å². The Kier molecular flexibility index (Phi) is 3.31. The molecule has 7 heteroatoms. The van der Waals surface area contributed by atoms with Gasteiger partial charge in [-0.05, 0) is 27.7 Å². The monoisotopic (exact) mass is 289 g/mol. The van der Waals surface area contributed by atoms with Crippen molar-refractivity contribution in [3.8, 4) is 0 Å². The first-order valence-corrected chi connectivity index (χ1v) is 6.33. The Bertz CT molecular complexity index is 526. The molecule has 1 aliphatic heterocycles. The van der Waals surface area contributed by atoms with Crippen molar-refractivity contribution in [3.05, 3.63) is 26.6 Å². The molecule has 4 nitrogen and oxygen atoms in total. The van der Waals surface area contributed by atoms with Gasteiger partial charge in [-0.25, -0.2) is 0 Å². The number of halogens is 2. The Morgan fingerprint density at radius 2 is 1.67 bits per heavy atom. The van der Waals surface area contributed by atoms with Crippen molar-refractivity contribution >= 4 is 35.8 Å². The lowest BCUT2D eigenvalue weighted by Crippen LogP contribution is -2.44. The fourth-order valence-electron chi connectivity index (χ4n) is 1.64. The Balaban J connectivity index is 2.42. The predicted molar refractivity (Wildman–Crippen MR) is 72.8 cm³/mol. The van der Waals surface area contributed by atoms with Crippen LogP contribution < -0.4 is 10.9 Å². The van der Waals surface area contributed by atoms with Crippen molar-refractivity contribution in [2.75, 3.05) is 0 Å². The minimum absolute atomic E-state index is 0.0520. The van der Waals surface area contributed by atoms with Crippen LogP contribution >= 0.6 is 23.2 Å². The standard InChI is InChI=1S/C11H14BCl2NO3/c1-10(2)11(3,4)18-12(17-10)6-5-15-9(14)7(13)8(6)16/h5H,1-4H3,(H,15,16). The number of rotatable bonds is 1. The van der Waals surface area contributed by atoms with E-state index >= 15 is 0 Å². The first-order valence-electron chi connectivity index (χ1n) is 5.58. The van der Waals surface area contributed by atoms with Gasteiger partial charge < -0.3 is 14.3 Å². The summed E-state index contributed by atoms with van der Waals surface area (Å²) in [7, 11) is -0.742. The van der Waals surface area contributed by atoms with Crippen molar-refractivity contribution in [1.82, 2.24) is 4.98 Å². The van der Waals surface area contributed by atoms with Gasteiger partial charge in [0.15, 0.2) is 0 Å². The SMILES string of the molecule is CC1(C)OB(c2c[nH]c(Cl)c(Cl)c2=O)OC1(C)C. The van der Waals surface area contributed by atoms with Crippen LogP contribution in [-0.4, -0.2) is 23.3 Å². The lowest BCUT2D eigenvalue weighted by molar-refractivity contribution is 0.00578. The van der Waals surface area contributed by atoms with E-state index in [9.17, 15) is 4.79 Å². The van der Waals surface area contributed by atoms with Gasteiger partial charge in [-0.3, -0.25) is 4.79 Å². The third-order valence-corrected chi connectivity index (χ3v) is 4.27. The normalized spacial score (nSPS) is 21.3. The molecule has 0 amide bonds. The van der Waals surface area contributed by atoms with E-state index in [-0.39, 0.29) is 15.6 Å². The van der Waals surface area contributed by atoms with E-state index in [0.717, 1.165) is 0 Å². The molecule has 0 aliphatic carbocycles. The first kappa shape index (κ1) is 13.9. The maximum absolute atomic E-state index is 12.0. The number of pyridine rings is 1. The molecule has 0 saturated carbocycles. The fraction of sp³-hybridized carbons (Fsp3) is 0.545. The van der Waals surface area contributed by atoms with Gasteiger partial charge in [-0.15, -0.1) is 0 Å². The molecule has 1 aromatic rings. The van der Waals surface area contributed by atoms with Gasteiger partial charge in [0, 0.05) is 11.7 Å². The molecule has 1 aliphatic rings. The van der Waals surface area contributed by atoms with Gasteiger partial charge in [0.25, 0.3) is 0 Å². The largest absolute Gasteiger partial charge is 0.500 e. The molecule has 0 atom stereocenters. The minimum atomic E-state index is -0.742. The van der Waals surface area contributed by atoms with Gasteiger partial charge in [-0.1, -0.05) is 23.2 Å². The van der Waals surface area contributed by atoms with Crippen LogP contribution in [0.3, 0.4) is 0 Å². The average molecular weight is 290 g/mol. The summed E-state index contributed by atoms with van der Waals surface area (Å²) < 4.78 is 11.6.